The maximum atomic E-state index is 13.0. The van der Waals surface area contributed by atoms with Crippen LogP contribution in [0.25, 0.3) is 0 Å². The molecule has 0 aliphatic heterocycles. The molecular weight excluding hydrogens is 352 g/mol. The van der Waals surface area contributed by atoms with Crippen molar-refractivity contribution in [3.63, 3.8) is 0 Å². The van der Waals surface area contributed by atoms with Gasteiger partial charge in [-0.2, -0.15) is 0 Å². The fourth-order valence-corrected chi connectivity index (χ4v) is 2.91. The molecule has 0 saturated heterocycles. The summed E-state index contributed by atoms with van der Waals surface area (Å²) in [6.45, 7) is 4.12. The predicted molar refractivity (Wildman–Crippen MR) is 113 cm³/mol. The fourth-order valence-electron chi connectivity index (χ4n) is 2.91. The summed E-state index contributed by atoms with van der Waals surface area (Å²) in [7, 11) is 3.14. The van der Waals surface area contributed by atoms with Gasteiger partial charge in [-0.25, -0.2) is 0 Å². The molecule has 0 radical (unpaired) electrons. The van der Waals surface area contributed by atoms with Gasteiger partial charge in [0.05, 0.1) is 31.2 Å². The van der Waals surface area contributed by atoms with Gasteiger partial charge in [0.25, 0.3) is 5.91 Å². The van der Waals surface area contributed by atoms with Crippen LogP contribution in [0.5, 0.6) is 11.5 Å². The van der Waals surface area contributed by atoms with Crippen molar-refractivity contribution in [1.82, 2.24) is 0 Å². The summed E-state index contributed by atoms with van der Waals surface area (Å²) in [4.78, 5) is 13.0. The molecule has 144 valence electrons. The minimum Gasteiger partial charge on any atom is -0.497 e. The third-order valence-electron chi connectivity index (χ3n) is 4.70. The molecular formula is C23H24N2O3. The molecule has 28 heavy (non-hydrogen) atoms. The summed E-state index contributed by atoms with van der Waals surface area (Å²) in [6, 6.07) is 18.8. The van der Waals surface area contributed by atoms with E-state index in [1.165, 1.54) is 5.56 Å². The van der Waals surface area contributed by atoms with Crippen molar-refractivity contribution in [1.29, 1.82) is 0 Å². The first kappa shape index (κ1) is 19.3. The molecule has 1 amide bonds. The van der Waals surface area contributed by atoms with Gasteiger partial charge in [-0.1, -0.05) is 24.3 Å². The molecule has 0 saturated carbocycles. The van der Waals surface area contributed by atoms with Gasteiger partial charge in [0.2, 0.25) is 0 Å². The lowest BCUT2D eigenvalue weighted by Gasteiger charge is -2.16. The number of hydrogen-bond donors (Lipinski definition) is 2. The number of methoxy groups -OCH3 is 2. The van der Waals surface area contributed by atoms with E-state index in [2.05, 4.69) is 30.5 Å². The number of hydrogen-bond acceptors (Lipinski definition) is 4. The number of aryl methyl sites for hydroxylation is 1. The number of nitrogens with one attached hydrogen (secondary N) is 2. The summed E-state index contributed by atoms with van der Waals surface area (Å²) >= 11 is 0. The van der Waals surface area contributed by atoms with Crippen LogP contribution in [-0.2, 0) is 0 Å². The Labute approximate surface area is 165 Å². The molecule has 5 nitrogen and oxygen atoms in total. The topological polar surface area (TPSA) is 59.6 Å². The van der Waals surface area contributed by atoms with E-state index in [0.717, 1.165) is 16.9 Å². The largest absolute Gasteiger partial charge is 0.497 e. The summed E-state index contributed by atoms with van der Waals surface area (Å²) < 4.78 is 10.6. The van der Waals surface area contributed by atoms with Gasteiger partial charge in [0.1, 0.15) is 11.5 Å². The Balaban J connectivity index is 1.88. The van der Waals surface area contributed by atoms with Crippen LogP contribution in [-0.4, -0.2) is 20.1 Å². The molecule has 0 unspecified atom stereocenters. The zero-order valence-corrected chi connectivity index (χ0v) is 16.5. The summed E-state index contributed by atoms with van der Waals surface area (Å²) in [5.41, 5.74) is 5.17. The maximum Gasteiger partial charge on any atom is 0.257 e. The highest BCUT2D eigenvalue weighted by Gasteiger charge is 2.15. The lowest BCUT2D eigenvalue weighted by molar-refractivity contribution is 0.102. The second kappa shape index (κ2) is 8.48. The van der Waals surface area contributed by atoms with Gasteiger partial charge in [0, 0.05) is 11.8 Å². The van der Waals surface area contributed by atoms with Gasteiger partial charge in [-0.05, 0) is 55.3 Å². The van der Waals surface area contributed by atoms with Gasteiger partial charge < -0.3 is 20.1 Å². The second-order valence-corrected chi connectivity index (χ2v) is 6.44. The molecule has 3 aromatic rings. The Bertz CT molecular complexity index is 999. The van der Waals surface area contributed by atoms with E-state index in [9.17, 15) is 4.79 Å². The number of amides is 1. The van der Waals surface area contributed by atoms with E-state index in [4.69, 9.17) is 9.47 Å². The SMILES string of the molecule is COc1ccc(NC(=O)c2ccccc2Nc2cccc(C)c2C)c(OC)c1. The lowest BCUT2D eigenvalue weighted by Crippen LogP contribution is -2.14. The Morgan fingerprint density at radius 1 is 0.821 bits per heavy atom. The minimum atomic E-state index is -0.225. The monoisotopic (exact) mass is 376 g/mol. The predicted octanol–water partition coefficient (Wildman–Crippen LogP) is 5.32. The number of rotatable bonds is 6. The highest BCUT2D eigenvalue weighted by atomic mass is 16.5. The third kappa shape index (κ3) is 4.09. The summed E-state index contributed by atoms with van der Waals surface area (Å²) in [6.07, 6.45) is 0. The first-order valence-electron chi connectivity index (χ1n) is 8.99. The van der Waals surface area contributed by atoms with E-state index in [1.54, 1.807) is 38.5 Å². The lowest BCUT2D eigenvalue weighted by atomic mass is 10.1. The highest BCUT2D eigenvalue weighted by molar-refractivity contribution is 6.09. The Morgan fingerprint density at radius 2 is 1.57 bits per heavy atom. The van der Waals surface area contributed by atoms with E-state index in [0.29, 0.717) is 22.7 Å². The molecule has 0 atom stereocenters. The molecule has 3 rings (SSSR count). The van der Waals surface area contributed by atoms with Crippen LogP contribution in [0.3, 0.4) is 0 Å². The maximum absolute atomic E-state index is 13.0. The molecule has 2 N–H and O–H groups in total. The number of para-hydroxylation sites is 1. The van der Waals surface area contributed by atoms with Crippen molar-refractivity contribution in [3.8, 4) is 11.5 Å². The number of carbonyl (C=O) groups is 1. The van der Waals surface area contributed by atoms with Gasteiger partial charge in [-0.15, -0.1) is 0 Å². The zero-order chi connectivity index (χ0) is 20.1. The summed E-state index contributed by atoms with van der Waals surface area (Å²) in [5.74, 6) is 0.969. The van der Waals surface area contributed by atoms with Gasteiger partial charge in [-0.3, -0.25) is 4.79 Å². The van der Waals surface area contributed by atoms with Gasteiger partial charge in [0.15, 0.2) is 0 Å². The molecule has 0 spiro atoms. The van der Waals surface area contributed by atoms with Crippen LogP contribution in [0.1, 0.15) is 21.5 Å². The van der Waals surface area contributed by atoms with Crippen molar-refractivity contribution in [2.24, 2.45) is 0 Å². The molecule has 0 aliphatic rings. The first-order valence-corrected chi connectivity index (χ1v) is 8.99. The van der Waals surface area contributed by atoms with Crippen molar-refractivity contribution in [2.75, 3.05) is 24.9 Å². The molecule has 5 heteroatoms. The normalized spacial score (nSPS) is 10.3. The average Bonchev–Trinajstić information content (AvgIpc) is 2.72. The second-order valence-electron chi connectivity index (χ2n) is 6.44. The third-order valence-corrected chi connectivity index (χ3v) is 4.70. The minimum absolute atomic E-state index is 0.225. The number of carbonyl (C=O) groups excluding carboxylic acids is 1. The van der Waals surface area contributed by atoms with Crippen molar-refractivity contribution >= 4 is 23.0 Å². The standard InChI is InChI=1S/C23H24N2O3/c1-15-8-7-11-19(16(15)2)24-20-10-6-5-9-18(20)23(26)25-21-13-12-17(27-3)14-22(21)28-4/h5-14,24H,1-4H3,(H,25,26). The van der Waals surface area contributed by atoms with Crippen molar-refractivity contribution in [3.05, 3.63) is 77.4 Å². The Kier molecular flexibility index (Phi) is 5.84. The molecule has 0 heterocycles. The first-order chi connectivity index (χ1) is 13.5. The van der Waals surface area contributed by atoms with Crippen LogP contribution in [0.2, 0.25) is 0 Å². The number of benzene rings is 3. The molecule has 0 aromatic heterocycles. The van der Waals surface area contributed by atoms with Crippen LogP contribution >= 0.6 is 0 Å². The molecule has 3 aromatic carbocycles. The average molecular weight is 376 g/mol. The van der Waals surface area contributed by atoms with Crippen LogP contribution < -0.4 is 20.1 Å². The van der Waals surface area contributed by atoms with E-state index in [-0.39, 0.29) is 5.91 Å². The van der Waals surface area contributed by atoms with Crippen LogP contribution in [0, 0.1) is 13.8 Å². The van der Waals surface area contributed by atoms with E-state index >= 15 is 0 Å². The molecule has 0 bridgehead atoms. The Hall–Kier alpha value is -3.47. The zero-order valence-electron chi connectivity index (χ0n) is 16.5. The van der Waals surface area contributed by atoms with Crippen LogP contribution in [0.4, 0.5) is 17.1 Å². The van der Waals surface area contributed by atoms with Crippen molar-refractivity contribution in [2.45, 2.75) is 13.8 Å². The Morgan fingerprint density at radius 3 is 2.32 bits per heavy atom. The molecule has 0 aliphatic carbocycles. The van der Waals surface area contributed by atoms with Crippen LogP contribution in [0.15, 0.2) is 60.7 Å². The van der Waals surface area contributed by atoms with E-state index < -0.39 is 0 Å². The summed E-state index contributed by atoms with van der Waals surface area (Å²) in [5, 5.41) is 6.30. The fraction of sp³-hybridized carbons (Fsp3) is 0.174. The number of ether oxygens (including phenoxy) is 2. The van der Waals surface area contributed by atoms with Gasteiger partial charge >= 0.3 is 0 Å². The molecule has 0 fully saturated rings. The number of anilines is 3. The smallest absolute Gasteiger partial charge is 0.257 e. The highest BCUT2D eigenvalue weighted by Crippen LogP contribution is 2.31. The van der Waals surface area contributed by atoms with Crippen molar-refractivity contribution < 1.29 is 14.3 Å². The van der Waals surface area contributed by atoms with E-state index in [1.807, 2.05) is 30.3 Å². The quantitative estimate of drug-likeness (QED) is 0.611.